The number of nitrogen functional groups attached to an aromatic ring is 1. The van der Waals surface area contributed by atoms with Gasteiger partial charge >= 0.3 is 6.30 Å². The topological polar surface area (TPSA) is 56.7 Å². The molecule has 0 spiro atoms. The van der Waals surface area contributed by atoms with Crippen LogP contribution in [0.5, 0.6) is 0 Å². The van der Waals surface area contributed by atoms with Crippen LogP contribution in [0.1, 0.15) is 5.69 Å². The van der Waals surface area contributed by atoms with E-state index in [1.54, 1.807) is 31.2 Å². The highest BCUT2D eigenvalue weighted by atomic mass is 19.4. The van der Waals surface area contributed by atoms with Gasteiger partial charge in [0, 0.05) is 16.6 Å². The normalized spacial score (nSPS) is 12.0. The Labute approximate surface area is 118 Å². The van der Waals surface area contributed by atoms with Crippen molar-refractivity contribution in [1.29, 1.82) is 0 Å². The Morgan fingerprint density at radius 3 is 2.52 bits per heavy atom. The van der Waals surface area contributed by atoms with Crippen LogP contribution in [0.2, 0.25) is 0 Å². The van der Waals surface area contributed by atoms with E-state index in [-0.39, 0.29) is 10.2 Å². The third kappa shape index (κ3) is 2.20. The third-order valence-electron chi connectivity index (χ3n) is 3.25. The summed E-state index contributed by atoms with van der Waals surface area (Å²) >= 11 is 0. The summed E-state index contributed by atoms with van der Waals surface area (Å²) in [4.78, 5) is 4.14. The highest BCUT2D eigenvalue weighted by Gasteiger charge is 2.33. The predicted molar refractivity (Wildman–Crippen MR) is 73.4 cm³/mol. The van der Waals surface area contributed by atoms with Crippen molar-refractivity contribution in [3.63, 3.8) is 0 Å². The van der Waals surface area contributed by atoms with Gasteiger partial charge in [-0.1, -0.05) is 12.1 Å². The molecule has 0 amide bonds. The van der Waals surface area contributed by atoms with Gasteiger partial charge in [-0.15, -0.1) is 13.2 Å². The van der Waals surface area contributed by atoms with Gasteiger partial charge in [-0.3, -0.25) is 0 Å². The number of anilines is 1. The maximum absolute atomic E-state index is 12.9. The largest absolute Gasteiger partial charge is 0.505 e. The Hall–Kier alpha value is -2.57. The molecule has 0 aliphatic rings. The summed E-state index contributed by atoms with van der Waals surface area (Å²) in [6.07, 6.45) is -3.33. The SMILES string of the molecule is Cc1nc(N)ccc1-c1cccc2c1cnn2C(F)(F)F. The van der Waals surface area contributed by atoms with E-state index in [2.05, 4.69) is 10.1 Å². The zero-order chi connectivity index (χ0) is 15.2. The third-order valence-corrected chi connectivity index (χ3v) is 3.25. The monoisotopic (exact) mass is 292 g/mol. The Balaban J connectivity index is 2.27. The average Bonchev–Trinajstić information content (AvgIpc) is 2.82. The molecule has 0 radical (unpaired) electrons. The predicted octanol–water partition coefficient (Wildman–Crippen LogP) is 3.47. The van der Waals surface area contributed by atoms with Crippen molar-refractivity contribution in [2.45, 2.75) is 13.2 Å². The lowest BCUT2D eigenvalue weighted by Crippen LogP contribution is -2.17. The summed E-state index contributed by atoms with van der Waals surface area (Å²) in [6, 6.07) is 8.06. The Morgan fingerprint density at radius 2 is 1.86 bits per heavy atom. The first-order chi connectivity index (χ1) is 9.88. The number of pyridine rings is 1. The number of rotatable bonds is 1. The van der Waals surface area contributed by atoms with Crippen molar-refractivity contribution < 1.29 is 13.2 Å². The summed E-state index contributed by atoms with van der Waals surface area (Å²) < 4.78 is 38.7. The second kappa shape index (κ2) is 4.47. The summed E-state index contributed by atoms with van der Waals surface area (Å²) in [5.74, 6) is 0.370. The minimum atomic E-state index is -4.55. The molecule has 0 unspecified atom stereocenters. The second-order valence-electron chi connectivity index (χ2n) is 4.63. The lowest BCUT2D eigenvalue weighted by Gasteiger charge is -2.09. The molecule has 2 aromatic heterocycles. The van der Waals surface area contributed by atoms with E-state index in [1.807, 2.05) is 0 Å². The number of nitrogens with zero attached hydrogens (tertiary/aromatic N) is 3. The number of aromatic nitrogens is 3. The van der Waals surface area contributed by atoms with E-state index in [1.165, 1.54) is 12.3 Å². The molecule has 1 aromatic carbocycles. The van der Waals surface area contributed by atoms with Crippen LogP contribution in [-0.4, -0.2) is 14.8 Å². The van der Waals surface area contributed by atoms with Crippen molar-refractivity contribution in [2.75, 3.05) is 5.73 Å². The smallest absolute Gasteiger partial charge is 0.384 e. The van der Waals surface area contributed by atoms with Crippen LogP contribution in [-0.2, 0) is 6.30 Å². The molecule has 3 aromatic rings. The average molecular weight is 292 g/mol. The molecule has 2 heterocycles. The van der Waals surface area contributed by atoms with Crippen molar-refractivity contribution in [2.24, 2.45) is 0 Å². The van der Waals surface area contributed by atoms with Gasteiger partial charge in [-0.05, 0) is 30.7 Å². The lowest BCUT2D eigenvalue weighted by molar-refractivity contribution is -0.209. The first-order valence-corrected chi connectivity index (χ1v) is 6.15. The van der Waals surface area contributed by atoms with Gasteiger partial charge in [0.1, 0.15) is 5.82 Å². The van der Waals surface area contributed by atoms with Gasteiger partial charge in [-0.2, -0.15) is 9.78 Å². The minimum absolute atomic E-state index is 0.0104. The second-order valence-corrected chi connectivity index (χ2v) is 4.63. The van der Waals surface area contributed by atoms with Gasteiger partial charge in [0.05, 0.1) is 11.7 Å². The van der Waals surface area contributed by atoms with E-state index in [0.29, 0.717) is 22.5 Å². The molecular formula is C14H11F3N4. The minimum Gasteiger partial charge on any atom is -0.384 e. The zero-order valence-electron chi connectivity index (χ0n) is 11.0. The molecule has 0 aliphatic heterocycles. The van der Waals surface area contributed by atoms with Gasteiger partial charge in [0.2, 0.25) is 0 Å². The number of alkyl halides is 3. The lowest BCUT2D eigenvalue weighted by atomic mass is 10.0. The fourth-order valence-corrected chi connectivity index (χ4v) is 2.35. The molecule has 0 saturated heterocycles. The molecule has 4 nitrogen and oxygen atoms in total. The molecule has 0 fully saturated rings. The van der Waals surface area contributed by atoms with Crippen LogP contribution in [0.25, 0.3) is 22.0 Å². The van der Waals surface area contributed by atoms with E-state index < -0.39 is 6.30 Å². The van der Waals surface area contributed by atoms with Crippen molar-refractivity contribution in [3.8, 4) is 11.1 Å². The van der Waals surface area contributed by atoms with Gasteiger partial charge < -0.3 is 5.73 Å². The molecule has 0 bridgehead atoms. The molecule has 3 rings (SSSR count). The summed E-state index contributed by atoms with van der Waals surface area (Å²) in [5, 5.41) is 3.87. The van der Waals surface area contributed by atoms with Gasteiger partial charge in [0.15, 0.2) is 0 Å². The van der Waals surface area contributed by atoms with Gasteiger partial charge in [-0.25, -0.2) is 4.98 Å². The molecule has 7 heteroatoms. The number of fused-ring (bicyclic) bond motifs is 1. The summed E-state index contributed by atoms with van der Waals surface area (Å²) in [5.41, 5.74) is 7.65. The number of hydrogen-bond acceptors (Lipinski definition) is 3. The maximum atomic E-state index is 12.9. The summed E-state index contributed by atoms with van der Waals surface area (Å²) in [7, 11) is 0. The van der Waals surface area contributed by atoms with Crippen LogP contribution in [0, 0.1) is 6.92 Å². The Morgan fingerprint density at radius 1 is 1.10 bits per heavy atom. The van der Waals surface area contributed by atoms with Crippen molar-refractivity contribution >= 4 is 16.7 Å². The quantitative estimate of drug-likeness (QED) is 0.747. The van der Waals surface area contributed by atoms with E-state index in [9.17, 15) is 13.2 Å². The van der Waals surface area contributed by atoms with Gasteiger partial charge in [0.25, 0.3) is 0 Å². The molecule has 108 valence electrons. The molecule has 0 saturated carbocycles. The maximum Gasteiger partial charge on any atom is 0.505 e. The number of nitrogens with two attached hydrogens (primary N) is 1. The number of halogens is 3. The fraction of sp³-hybridized carbons (Fsp3) is 0.143. The Kier molecular flexibility index (Phi) is 2.86. The number of hydrogen-bond donors (Lipinski definition) is 1. The molecule has 2 N–H and O–H groups in total. The van der Waals surface area contributed by atoms with Crippen LogP contribution >= 0.6 is 0 Å². The number of aryl methyl sites for hydroxylation is 1. The van der Waals surface area contributed by atoms with Crippen LogP contribution < -0.4 is 5.73 Å². The summed E-state index contributed by atoms with van der Waals surface area (Å²) in [6.45, 7) is 1.76. The van der Waals surface area contributed by atoms with E-state index in [0.717, 1.165) is 5.56 Å². The van der Waals surface area contributed by atoms with Crippen LogP contribution in [0.3, 0.4) is 0 Å². The first-order valence-electron chi connectivity index (χ1n) is 6.15. The number of benzene rings is 1. The molecular weight excluding hydrogens is 281 g/mol. The molecule has 0 atom stereocenters. The highest BCUT2D eigenvalue weighted by molar-refractivity contribution is 5.95. The highest BCUT2D eigenvalue weighted by Crippen LogP contribution is 2.33. The first kappa shape index (κ1) is 13.4. The molecule has 21 heavy (non-hydrogen) atoms. The standard InChI is InChI=1S/C14H11F3N4/c1-8-9(5-6-13(18)20-8)10-3-2-4-12-11(10)7-19-21(12)14(15,16)17/h2-7H,1H3,(H2,18,20). The van der Waals surface area contributed by atoms with Crippen LogP contribution in [0.4, 0.5) is 19.0 Å². The van der Waals surface area contributed by atoms with Crippen LogP contribution in [0.15, 0.2) is 36.5 Å². The molecule has 0 aliphatic carbocycles. The van der Waals surface area contributed by atoms with E-state index in [4.69, 9.17) is 5.73 Å². The van der Waals surface area contributed by atoms with E-state index >= 15 is 0 Å². The fourth-order valence-electron chi connectivity index (χ4n) is 2.35. The van der Waals surface area contributed by atoms with Crippen molar-refractivity contribution in [3.05, 3.63) is 42.2 Å². The van der Waals surface area contributed by atoms with Crippen molar-refractivity contribution in [1.82, 2.24) is 14.8 Å². The Bertz CT molecular complexity index is 821. The zero-order valence-corrected chi connectivity index (χ0v) is 11.0.